The third-order valence-electron chi connectivity index (χ3n) is 10.4. The molecule has 4 aromatic carbocycles. The molecule has 0 fully saturated rings. The molecule has 9 rings (SSSR count). The topological polar surface area (TPSA) is 207 Å². The second-order valence-electron chi connectivity index (χ2n) is 14.0. The number of carboxylic acid groups (broad SMARTS) is 4. The second-order valence-corrected chi connectivity index (χ2v) is 14.0. The van der Waals surface area contributed by atoms with Gasteiger partial charge in [-0.15, -0.1) is 0 Å². The summed E-state index contributed by atoms with van der Waals surface area (Å²) in [6.45, 7) is 0. The maximum Gasteiger partial charge on any atom is 2.00 e. The minimum Gasteiger partial charge on any atom is -0.478 e. The Morgan fingerprint density at radius 1 is 0.328 bits per heavy atom. The summed E-state index contributed by atoms with van der Waals surface area (Å²) in [5.74, 6) is -4.25. The van der Waals surface area contributed by atoms with Crippen molar-refractivity contribution in [3.05, 3.63) is 166 Å². The Morgan fingerprint density at radius 2 is 0.525 bits per heavy atom. The van der Waals surface area contributed by atoms with Crippen LogP contribution < -0.4 is 0 Å². The number of nitrogens with one attached hydrogen (secondary N) is 2. The second kappa shape index (κ2) is 15.9. The van der Waals surface area contributed by atoms with Gasteiger partial charge in [-0.25, -0.2) is 29.1 Å². The molecule has 1 radical (unpaired) electrons. The number of nitrogens with zero attached hydrogens (tertiary/aromatic N) is 2. The van der Waals surface area contributed by atoms with E-state index < -0.39 is 23.9 Å². The van der Waals surface area contributed by atoms with Crippen LogP contribution in [0.5, 0.6) is 0 Å². The van der Waals surface area contributed by atoms with Crippen molar-refractivity contribution in [1.29, 1.82) is 0 Å². The van der Waals surface area contributed by atoms with Gasteiger partial charge in [-0.3, -0.25) is 0 Å². The van der Waals surface area contributed by atoms with Gasteiger partial charge in [0.1, 0.15) is 0 Å². The first kappa shape index (κ1) is 39.7. The number of hydrogen-bond donors (Lipinski definition) is 6. The van der Waals surface area contributed by atoms with E-state index >= 15 is 0 Å². The van der Waals surface area contributed by atoms with Crippen molar-refractivity contribution >= 4 is 70.2 Å². The average Bonchev–Trinajstić information content (AvgIpc) is 4.10. The minimum atomic E-state index is -1.06. The number of aromatic amines is 2. The Bertz CT molecular complexity index is 2760. The molecule has 0 saturated carbocycles. The standard InChI is InChI=1S/C48H30N4O8.Cu/c53-45(54)29-9-1-25(2-10-29)41-33-17-19-35(49-33)42(26-3-11-30(12-4-26)46(55)56)37-21-23-39(51-37)44(28-7-15-32(16-8-28)48(59)60)40-24-22-38(52-40)43(36-20-18-34(41)50-36)27-5-13-31(14-6-27)47(57)58;/h1-24,49,52H,(H,53,54)(H,55,56)(H,57,58)(H,59,60);/q;+2. The molecular formula is C48H30CuN4O8+2. The average molecular weight is 854 g/mol. The van der Waals surface area contributed by atoms with Crippen molar-refractivity contribution in [2.45, 2.75) is 0 Å². The van der Waals surface area contributed by atoms with Crippen LogP contribution >= 0.6 is 0 Å². The predicted molar refractivity (Wildman–Crippen MR) is 228 cm³/mol. The molecule has 13 heteroatoms. The third kappa shape index (κ3) is 7.42. The first-order valence-electron chi connectivity index (χ1n) is 18.5. The van der Waals surface area contributed by atoms with E-state index in [9.17, 15) is 39.6 Å². The fourth-order valence-electron chi connectivity index (χ4n) is 7.54. The quantitative estimate of drug-likeness (QED) is 0.0798. The van der Waals surface area contributed by atoms with Gasteiger partial charge in [0.15, 0.2) is 0 Å². The summed E-state index contributed by atoms with van der Waals surface area (Å²) in [5.41, 5.74) is 10.7. The number of H-pyrrole nitrogens is 2. The molecular weight excluding hydrogens is 824 g/mol. The predicted octanol–water partition coefficient (Wildman–Crippen LogP) is 10.1. The van der Waals surface area contributed by atoms with Crippen molar-refractivity contribution in [2.24, 2.45) is 0 Å². The molecule has 5 heterocycles. The van der Waals surface area contributed by atoms with Crippen LogP contribution in [-0.4, -0.2) is 64.2 Å². The smallest absolute Gasteiger partial charge is 0.478 e. The van der Waals surface area contributed by atoms with Gasteiger partial charge >= 0.3 is 40.9 Å². The van der Waals surface area contributed by atoms with Crippen molar-refractivity contribution in [3.63, 3.8) is 0 Å². The Labute approximate surface area is 356 Å². The van der Waals surface area contributed by atoms with Crippen molar-refractivity contribution in [1.82, 2.24) is 19.9 Å². The minimum absolute atomic E-state index is 0. The van der Waals surface area contributed by atoms with Crippen LogP contribution in [0.25, 0.3) is 90.9 Å². The number of aromatic nitrogens is 4. The van der Waals surface area contributed by atoms with Crippen molar-refractivity contribution in [2.75, 3.05) is 0 Å². The van der Waals surface area contributed by atoms with E-state index in [1.165, 1.54) is 48.5 Å². The van der Waals surface area contributed by atoms with E-state index in [0.717, 1.165) is 0 Å². The SMILES string of the molecule is O=C(O)c1ccc(-c2c3nc(c(-c4ccc(C(=O)O)cc4)c4ccc([nH]4)c(-c4ccc(C(=O)O)cc4)c4nc(c(-c5ccc(C(=O)O)cc5)c5ccc2[nH]5)C=C4)C=C3)cc1.[Cu+2]. The molecule has 3 aromatic heterocycles. The van der Waals surface area contributed by atoms with Gasteiger partial charge in [0.25, 0.3) is 0 Å². The van der Waals surface area contributed by atoms with Crippen LogP contribution in [0.2, 0.25) is 0 Å². The van der Waals surface area contributed by atoms with Gasteiger partial charge in [-0.2, -0.15) is 0 Å². The van der Waals surface area contributed by atoms with Crippen LogP contribution in [0.1, 0.15) is 64.2 Å². The summed E-state index contributed by atoms with van der Waals surface area (Å²) in [6.07, 6.45) is 7.47. The molecule has 0 saturated heterocycles. The van der Waals surface area contributed by atoms with Gasteiger partial charge in [-0.05, 0) is 119 Å². The molecule has 0 spiro atoms. The van der Waals surface area contributed by atoms with Crippen LogP contribution in [0.4, 0.5) is 0 Å². The molecule has 0 aliphatic carbocycles. The molecule has 8 bridgehead atoms. The molecule has 12 nitrogen and oxygen atoms in total. The summed E-state index contributed by atoms with van der Waals surface area (Å²) < 4.78 is 0. The molecule has 0 atom stereocenters. The van der Waals surface area contributed by atoms with Crippen molar-refractivity contribution < 1.29 is 56.7 Å². The van der Waals surface area contributed by atoms with Gasteiger partial charge in [0, 0.05) is 44.3 Å². The summed E-state index contributed by atoms with van der Waals surface area (Å²) in [6, 6.07) is 33.6. The van der Waals surface area contributed by atoms with Crippen LogP contribution in [-0.2, 0) is 17.1 Å². The van der Waals surface area contributed by atoms with E-state index in [4.69, 9.17) is 9.97 Å². The Hall–Kier alpha value is -8.12. The van der Waals surface area contributed by atoms with Crippen LogP contribution in [0.3, 0.4) is 0 Å². The zero-order valence-corrected chi connectivity index (χ0v) is 32.4. The third-order valence-corrected chi connectivity index (χ3v) is 10.4. The normalized spacial score (nSPS) is 11.5. The summed E-state index contributed by atoms with van der Waals surface area (Å²) in [5, 5.41) is 38.7. The Kier molecular flexibility index (Phi) is 10.4. The van der Waals surface area contributed by atoms with Gasteiger partial charge < -0.3 is 30.4 Å². The maximum absolute atomic E-state index is 11.8. The first-order valence-corrected chi connectivity index (χ1v) is 18.5. The monoisotopic (exact) mass is 853 g/mol. The Balaban J connectivity index is 0.00000514. The number of hydrogen-bond acceptors (Lipinski definition) is 6. The van der Waals surface area contributed by atoms with E-state index in [0.29, 0.717) is 89.4 Å². The maximum atomic E-state index is 11.8. The summed E-state index contributed by atoms with van der Waals surface area (Å²) >= 11 is 0. The number of carboxylic acids is 4. The van der Waals surface area contributed by atoms with E-state index in [1.54, 1.807) is 48.5 Å². The molecule has 2 aliphatic heterocycles. The molecule has 299 valence electrons. The van der Waals surface area contributed by atoms with E-state index in [1.807, 2.05) is 48.6 Å². The number of rotatable bonds is 8. The summed E-state index contributed by atoms with van der Waals surface area (Å²) in [7, 11) is 0. The molecule has 0 amide bonds. The molecule has 6 N–H and O–H groups in total. The Morgan fingerprint density at radius 3 is 0.705 bits per heavy atom. The molecule has 2 aliphatic rings. The first-order chi connectivity index (χ1) is 29.0. The summed E-state index contributed by atoms with van der Waals surface area (Å²) in [4.78, 5) is 64.8. The molecule has 7 aromatic rings. The van der Waals surface area contributed by atoms with Gasteiger partial charge in [0.2, 0.25) is 0 Å². The number of aromatic carboxylic acids is 4. The van der Waals surface area contributed by atoms with E-state index in [2.05, 4.69) is 9.97 Å². The zero-order valence-electron chi connectivity index (χ0n) is 31.5. The van der Waals surface area contributed by atoms with E-state index in [-0.39, 0.29) is 39.3 Å². The van der Waals surface area contributed by atoms with Crippen LogP contribution in [0.15, 0.2) is 121 Å². The zero-order chi connectivity index (χ0) is 41.7. The molecule has 0 unspecified atom stereocenters. The fraction of sp³-hybridized carbons (Fsp3) is 0. The van der Waals surface area contributed by atoms with Crippen LogP contribution in [0, 0.1) is 0 Å². The molecule has 61 heavy (non-hydrogen) atoms. The van der Waals surface area contributed by atoms with Crippen molar-refractivity contribution in [3.8, 4) is 44.5 Å². The number of benzene rings is 4. The fourth-order valence-corrected chi connectivity index (χ4v) is 7.54. The van der Waals surface area contributed by atoms with Gasteiger partial charge in [0.05, 0.1) is 45.0 Å². The largest absolute Gasteiger partial charge is 2.00 e. The number of carbonyl (C=O) groups is 4. The number of fused-ring (bicyclic) bond motifs is 8. The van der Waals surface area contributed by atoms with Gasteiger partial charge in [-0.1, -0.05) is 48.5 Å².